The van der Waals surface area contributed by atoms with Crippen LogP contribution in [0.5, 0.6) is 11.5 Å². The summed E-state index contributed by atoms with van der Waals surface area (Å²) in [5.41, 5.74) is 3.42. The Morgan fingerprint density at radius 1 is 0.614 bits per heavy atom. The van der Waals surface area contributed by atoms with E-state index in [-0.39, 0.29) is 32.3 Å². The third-order valence-corrected chi connectivity index (χ3v) is 10.0. The van der Waals surface area contributed by atoms with Crippen molar-refractivity contribution in [1.82, 2.24) is 0 Å². The lowest BCUT2D eigenvalue weighted by Gasteiger charge is -2.32. The minimum Gasteiger partial charge on any atom is -0.507 e. The van der Waals surface area contributed by atoms with Crippen molar-refractivity contribution in [1.29, 1.82) is 0 Å². The maximum absolute atomic E-state index is 11.2. The van der Waals surface area contributed by atoms with Gasteiger partial charge in [-0.3, -0.25) is 4.55 Å². The average Bonchev–Trinajstić information content (AvgIpc) is 2.78. The number of hydrogen-bond acceptors (Lipinski definition) is 7. The van der Waals surface area contributed by atoms with Crippen molar-refractivity contribution < 1.29 is 27.0 Å². The van der Waals surface area contributed by atoms with Gasteiger partial charge >= 0.3 is 10.4 Å². The largest absolute Gasteiger partial charge is 0.507 e. The summed E-state index contributed by atoms with van der Waals surface area (Å²) in [7, 11) is -4.43. The molecule has 0 spiro atoms. The molecule has 9 heteroatoms. The molecule has 0 unspecified atom stereocenters. The minimum absolute atomic E-state index is 0.0850. The van der Waals surface area contributed by atoms with Gasteiger partial charge in [-0.25, -0.2) is 4.18 Å². The van der Waals surface area contributed by atoms with Crippen molar-refractivity contribution in [3.8, 4) is 11.5 Å². The molecule has 2 aromatic carbocycles. The smallest absolute Gasteiger partial charge is 0.397 e. The second-order valence-corrected chi connectivity index (χ2v) is 20.9. The van der Waals surface area contributed by atoms with Gasteiger partial charge in [0, 0.05) is 32.0 Å². The standard InChI is InChI=1S/C35H56O6S3/c1-31(2,3)25-19-23(20-26(29(25)36)32(4,5)6)42-35(13,14)43-24-21-27(33(7,8)9)30(28(22-24)34(10,11)12)40-17-15-16-18-41-44(37,38)39/h19-22,36H,15-18H2,1-14H3,(H,37,38,39). The Balaban J connectivity index is 2.48. The number of rotatable bonds is 11. The van der Waals surface area contributed by atoms with Gasteiger partial charge in [0.2, 0.25) is 0 Å². The third-order valence-electron chi connectivity index (χ3n) is 7.12. The molecule has 0 aromatic heterocycles. The van der Waals surface area contributed by atoms with Gasteiger partial charge < -0.3 is 9.84 Å². The fraction of sp³-hybridized carbons (Fsp3) is 0.657. The SMILES string of the molecule is CC(C)(Sc1cc(C(C)(C)C)c(O)c(C(C)(C)C)c1)Sc1cc(C(C)(C)C)c(OCCCCOS(=O)(=O)O)c(C(C)(C)C)c1. The molecule has 0 radical (unpaired) electrons. The average molecular weight is 669 g/mol. The highest BCUT2D eigenvalue weighted by molar-refractivity contribution is 8.18. The Bertz CT molecular complexity index is 1330. The van der Waals surface area contributed by atoms with Crippen LogP contribution in [0.15, 0.2) is 34.1 Å². The monoisotopic (exact) mass is 668 g/mol. The zero-order chi connectivity index (χ0) is 34.1. The van der Waals surface area contributed by atoms with Crippen molar-refractivity contribution in [3.05, 3.63) is 46.5 Å². The Kier molecular flexibility index (Phi) is 12.1. The number of unbranched alkanes of at least 4 members (excludes halogenated alkanes) is 1. The van der Waals surface area contributed by atoms with E-state index in [9.17, 15) is 13.5 Å². The number of benzene rings is 2. The van der Waals surface area contributed by atoms with Gasteiger partial charge in [-0.05, 0) is 72.6 Å². The first-order valence-electron chi connectivity index (χ1n) is 15.3. The summed E-state index contributed by atoms with van der Waals surface area (Å²) in [5, 5.41) is 11.2. The molecule has 0 aliphatic carbocycles. The van der Waals surface area contributed by atoms with E-state index in [0.29, 0.717) is 25.2 Å². The zero-order valence-corrected chi connectivity index (χ0v) is 31.8. The lowest BCUT2D eigenvalue weighted by molar-refractivity contribution is 0.241. The lowest BCUT2D eigenvalue weighted by Crippen LogP contribution is -2.21. The molecule has 2 aromatic rings. The Morgan fingerprint density at radius 3 is 1.30 bits per heavy atom. The van der Waals surface area contributed by atoms with E-state index >= 15 is 0 Å². The predicted molar refractivity (Wildman–Crippen MR) is 187 cm³/mol. The summed E-state index contributed by atoms with van der Waals surface area (Å²) in [6, 6.07) is 8.79. The summed E-state index contributed by atoms with van der Waals surface area (Å²) in [6.07, 6.45) is 1.03. The van der Waals surface area contributed by atoms with Gasteiger partial charge in [-0.2, -0.15) is 8.42 Å². The molecule has 0 saturated carbocycles. The summed E-state index contributed by atoms with van der Waals surface area (Å²) in [4.78, 5) is 2.30. The molecule has 0 aliphatic rings. The van der Waals surface area contributed by atoms with E-state index in [1.165, 1.54) is 0 Å². The van der Waals surface area contributed by atoms with Crippen molar-refractivity contribution in [3.63, 3.8) is 0 Å². The first kappa shape index (κ1) is 38.8. The fourth-order valence-corrected chi connectivity index (χ4v) is 7.79. The Morgan fingerprint density at radius 2 is 0.955 bits per heavy atom. The number of ether oxygens (including phenoxy) is 1. The van der Waals surface area contributed by atoms with Crippen LogP contribution in [0, 0.1) is 0 Å². The van der Waals surface area contributed by atoms with Gasteiger partial charge in [0.25, 0.3) is 0 Å². The van der Waals surface area contributed by atoms with Crippen LogP contribution in [-0.4, -0.2) is 35.4 Å². The maximum Gasteiger partial charge on any atom is 0.397 e. The molecule has 250 valence electrons. The molecule has 6 nitrogen and oxygen atoms in total. The third kappa shape index (κ3) is 11.4. The highest BCUT2D eigenvalue weighted by Crippen LogP contribution is 2.51. The van der Waals surface area contributed by atoms with Crippen LogP contribution in [0.25, 0.3) is 0 Å². The quantitative estimate of drug-likeness (QED) is 0.106. The van der Waals surface area contributed by atoms with E-state index in [1.807, 2.05) is 23.5 Å². The number of phenols is 1. The molecule has 44 heavy (non-hydrogen) atoms. The number of hydrogen-bond donors (Lipinski definition) is 2. The van der Waals surface area contributed by atoms with Gasteiger partial charge in [0.15, 0.2) is 0 Å². The normalized spacial score (nSPS) is 13.8. The topological polar surface area (TPSA) is 93.1 Å². The number of thioether (sulfide) groups is 2. The molecular weight excluding hydrogens is 613 g/mol. The minimum atomic E-state index is -4.43. The fourth-order valence-electron chi connectivity index (χ4n) is 4.87. The first-order valence-corrected chi connectivity index (χ1v) is 18.3. The Hall–Kier alpha value is -1.39. The van der Waals surface area contributed by atoms with Gasteiger partial charge in [0.05, 0.1) is 17.3 Å². The lowest BCUT2D eigenvalue weighted by atomic mass is 9.79. The predicted octanol–water partition coefficient (Wildman–Crippen LogP) is 10.2. The molecule has 0 bridgehead atoms. The van der Waals surface area contributed by atoms with Crippen LogP contribution in [0.2, 0.25) is 0 Å². The first-order chi connectivity index (χ1) is 19.6. The highest BCUT2D eigenvalue weighted by Gasteiger charge is 2.32. The second kappa shape index (κ2) is 13.8. The summed E-state index contributed by atoms with van der Waals surface area (Å²) < 4.78 is 41.1. The molecule has 0 saturated heterocycles. The number of phenolic OH excluding ortho intramolecular Hbond substituents is 1. The Labute approximate surface area is 276 Å². The molecule has 0 fully saturated rings. The van der Waals surface area contributed by atoms with Crippen molar-refractivity contribution in [2.75, 3.05) is 13.2 Å². The van der Waals surface area contributed by atoms with Crippen molar-refractivity contribution in [2.24, 2.45) is 0 Å². The molecule has 0 aliphatic heterocycles. The summed E-state index contributed by atoms with van der Waals surface area (Å²) in [6.45, 7) is 30.8. The van der Waals surface area contributed by atoms with Crippen molar-refractivity contribution >= 4 is 33.9 Å². The van der Waals surface area contributed by atoms with E-state index < -0.39 is 10.4 Å². The van der Waals surface area contributed by atoms with Gasteiger partial charge in [-0.15, -0.1) is 23.5 Å². The van der Waals surface area contributed by atoms with Crippen LogP contribution < -0.4 is 4.74 Å². The van der Waals surface area contributed by atoms with Crippen molar-refractivity contribution in [2.45, 2.75) is 145 Å². The molecule has 2 rings (SSSR count). The molecule has 2 N–H and O–H groups in total. The van der Waals surface area contributed by atoms with Crippen LogP contribution in [-0.2, 0) is 36.2 Å². The van der Waals surface area contributed by atoms with Gasteiger partial charge in [0.1, 0.15) is 11.5 Å². The van der Waals surface area contributed by atoms with E-state index in [2.05, 4.69) is 125 Å². The maximum atomic E-state index is 11.2. The van der Waals surface area contributed by atoms with E-state index in [1.54, 1.807) is 0 Å². The molecule has 0 atom stereocenters. The van der Waals surface area contributed by atoms with Crippen LogP contribution in [0.4, 0.5) is 0 Å². The van der Waals surface area contributed by atoms with Crippen LogP contribution in [0.1, 0.15) is 132 Å². The van der Waals surface area contributed by atoms with Crippen LogP contribution >= 0.6 is 23.5 Å². The summed E-state index contributed by atoms with van der Waals surface area (Å²) >= 11 is 3.64. The van der Waals surface area contributed by atoms with E-state index in [0.717, 1.165) is 37.8 Å². The highest BCUT2D eigenvalue weighted by atomic mass is 32.3. The summed E-state index contributed by atoms with van der Waals surface area (Å²) in [5.74, 6) is 1.27. The zero-order valence-electron chi connectivity index (χ0n) is 29.4. The van der Waals surface area contributed by atoms with Gasteiger partial charge in [-0.1, -0.05) is 83.1 Å². The number of aromatic hydroxyl groups is 1. The second-order valence-electron chi connectivity index (χ2n) is 16.1. The van der Waals surface area contributed by atoms with Crippen LogP contribution in [0.3, 0.4) is 0 Å². The molecular formula is C35H56O6S3. The molecule has 0 heterocycles. The molecule has 0 amide bonds. The van der Waals surface area contributed by atoms with E-state index in [4.69, 9.17) is 9.29 Å².